The molecule has 0 amide bonds. The third kappa shape index (κ3) is 4.20. The van der Waals surface area contributed by atoms with Crippen LogP contribution in [0.4, 0.5) is 4.39 Å². The minimum Gasteiger partial charge on any atom is -0.212 e. The van der Waals surface area contributed by atoms with Crippen LogP contribution < -0.4 is 0 Å². The molecule has 0 bridgehead atoms. The van der Waals surface area contributed by atoms with E-state index in [9.17, 15) is 12.8 Å². The first-order valence-electron chi connectivity index (χ1n) is 6.75. The molecule has 2 atom stereocenters. The van der Waals surface area contributed by atoms with Gasteiger partial charge in [0, 0.05) is 17.8 Å². The third-order valence-electron chi connectivity index (χ3n) is 3.68. The lowest BCUT2D eigenvalue weighted by Gasteiger charge is -2.21. The molecular formula is C14H20FNO2S2. The molecule has 0 N–H and O–H groups in total. The van der Waals surface area contributed by atoms with Crippen molar-refractivity contribution < 1.29 is 12.8 Å². The van der Waals surface area contributed by atoms with E-state index in [-0.39, 0.29) is 17.1 Å². The topological polar surface area (TPSA) is 37.4 Å². The fourth-order valence-electron chi connectivity index (χ4n) is 2.72. The second kappa shape index (κ2) is 6.45. The lowest BCUT2D eigenvalue weighted by Crippen LogP contribution is -2.34. The van der Waals surface area contributed by atoms with E-state index in [1.165, 1.54) is 18.4 Å². The summed E-state index contributed by atoms with van der Waals surface area (Å²) in [6.07, 6.45) is 4.61. The minimum absolute atomic E-state index is 0.0490. The Hall–Kier alpha value is -0.590. The normalized spacial score (nSPS) is 24.1. The molecule has 0 spiro atoms. The van der Waals surface area contributed by atoms with Crippen molar-refractivity contribution in [3.05, 3.63) is 35.6 Å². The average molecular weight is 317 g/mol. The molecule has 1 fully saturated rings. The fourth-order valence-corrected chi connectivity index (χ4v) is 4.44. The first-order chi connectivity index (χ1) is 9.36. The fraction of sp³-hybridized carbons (Fsp3) is 0.571. The molecule has 2 rings (SSSR count). The molecule has 1 aromatic carbocycles. The van der Waals surface area contributed by atoms with Gasteiger partial charge in [-0.05, 0) is 43.4 Å². The summed E-state index contributed by atoms with van der Waals surface area (Å²) in [4.78, 5) is 0. The number of nitrogens with zero attached hydrogens (tertiary/aromatic N) is 1. The zero-order valence-corrected chi connectivity index (χ0v) is 13.2. The van der Waals surface area contributed by atoms with E-state index in [0.717, 1.165) is 31.2 Å². The summed E-state index contributed by atoms with van der Waals surface area (Å²) in [5.41, 5.74) is 1.08. The van der Waals surface area contributed by atoms with Crippen molar-refractivity contribution in [2.24, 2.45) is 0 Å². The summed E-state index contributed by atoms with van der Waals surface area (Å²) < 4.78 is 37.8. The van der Waals surface area contributed by atoms with Gasteiger partial charge in [0.25, 0.3) is 0 Å². The van der Waals surface area contributed by atoms with Crippen LogP contribution in [0.25, 0.3) is 0 Å². The second-order valence-corrected chi connectivity index (χ2v) is 8.06. The largest absolute Gasteiger partial charge is 0.212 e. The standard InChI is InChI=1S/C14H20FNO2S2/c1-20(17,18)16-10-14(19)9-13(16)4-2-3-11-5-7-12(15)8-6-11/h5-8,13-14,19H,2-4,9-10H2,1H3. The van der Waals surface area contributed by atoms with Crippen LogP contribution in [-0.4, -0.2) is 36.8 Å². The summed E-state index contributed by atoms with van der Waals surface area (Å²) >= 11 is 4.40. The molecule has 1 heterocycles. The maximum Gasteiger partial charge on any atom is 0.211 e. The van der Waals surface area contributed by atoms with Gasteiger partial charge >= 0.3 is 0 Å². The van der Waals surface area contributed by atoms with E-state index in [4.69, 9.17) is 0 Å². The van der Waals surface area contributed by atoms with Gasteiger partial charge in [0.15, 0.2) is 0 Å². The van der Waals surface area contributed by atoms with E-state index in [2.05, 4.69) is 12.6 Å². The SMILES string of the molecule is CS(=O)(=O)N1CC(S)CC1CCCc1ccc(F)cc1. The quantitative estimate of drug-likeness (QED) is 0.847. The van der Waals surface area contributed by atoms with Crippen molar-refractivity contribution in [2.45, 2.75) is 37.0 Å². The lowest BCUT2D eigenvalue weighted by atomic mass is 10.0. The zero-order valence-electron chi connectivity index (χ0n) is 11.5. The smallest absolute Gasteiger partial charge is 0.211 e. The Bertz CT molecular complexity index is 545. The average Bonchev–Trinajstić information content (AvgIpc) is 2.73. The molecule has 0 saturated carbocycles. The van der Waals surface area contributed by atoms with E-state index in [0.29, 0.717) is 6.54 Å². The van der Waals surface area contributed by atoms with Crippen molar-refractivity contribution >= 4 is 22.7 Å². The number of benzene rings is 1. The van der Waals surface area contributed by atoms with Crippen LogP contribution in [0, 0.1) is 5.82 Å². The van der Waals surface area contributed by atoms with Crippen LogP contribution in [-0.2, 0) is 16.4 Å². The number of hydrogen-bond acceptors (Lipinski definition) is 3. The van der Waals surface area contributed by atoms with Gasteiger partial charge in [0.05, 0.1) is 6.26 Å². The van der Waals surface area contributed by atoms with Gasteiger partial charge in [-0.3, -0.25) is 0 Å². The van der Waals surface area contributed by atoms with Gasteiger partial charge < -0.3 is 0 Å². The number of hydrogen-bond donors (Lipinski definition) is 1. The molecular weight excluding hydrogens is 297 g/mol. The molecule has 2 unspecified atom stereocenters. The molecule has 6 heteroatoms. The Morgan fingerprint density at radius 1 is 1.35 bits per heavy atom. The summed E-state index contributed by atoms with van der Waals surface area (Å²) in [6, 6.07) is 6.52. The second-order valence-electron chi connectivity index (χ2n) is 5.39. The Morgan fingerprint density at radius 2 is 2.00 bits per heavy atom. The Labute approximate surface area is 125 Å². The van der Waals surface area contributed by atoms with Crippen LogP contribution >= 0.6 is 12.6 Å². The Balaban J connectivity index is 1.88. The van der Waals surface area contributed by atoms with Gasteiger partial charge in [0.1, 0.15) is 5.82 Å². The molecule has 1 aromatic rings. The molecule has 20 heavy (non-hydrogen) atoms. The summed E-state index contributed by atoms with van der Waals surface area (Å²) in [6.45, 7) is 0.503. The first-order valence-corrected chi connectivity index (χ1v) is 9.12. The summed E-state index contributed by atoms with van der Waals surface area (Å²) in [5.74, 6) is -0.231. The zero-order chi connectivity index (χ0) is 14.8. The first kappa shape index (κ1) is 15.8. The van der Waals surface area contributed by atoms with Gasteiger partial charge in [-0.2, -0.15) is 16.9 Å². The highest BCUT2D eigenvalue weighted by Crippen LogP contribution is 2.27. The number of aryl methyl sites for hydroxylation is 1. The lowest BCUT2D eigenvalue weighted by molar-refractivity contribution is 0.367. The molecule has 1 aliphatic rings. The Morgan fingerprint density at radius 3 is 2.60 bits per heavy atom. The number of halogens is 1. The van der Waals surface area contributed by atoms with Gasteiger partial charge in [-0.1, -0.05) is 12.1 Å². The van der Waals surface area contributed by atoms with Crippen molar-refractivity contribution in [3.8, 4) is 0 Å². The molecule has 1 saturated heterocycles. The predicted molar refractivity (Wildman–Crippen MR) is 82.1 cm³/mol. The Kier molecular flexibility index (Phi) is 5.09. The number of thiol groups is 1. The summed E-state index contributed by atoms with van der Waals surface area (Å²) in [5, 5.41) is 0.126. The maximum absolute atomic E-state index is 12.8. The maximum atomic E-state index is 12.8. The molecule has 1 aliphatic heterocycles. The number of rotatable bonds is 5. The van der Waals surface area contributed by atoms with Crippen LogP contribution in [0.5, 0.6) is 0 Å². The van der Waals surface area contributed by atoms with Crippen molar-refractivity contribution in [1.29, 1.82) is 0 Å². The molecule has 0 radical (unpaired) electrons. The van der Waals surface area contributed by atoms with Gasteiger partial charge in [-0.25, -0.2) is 12.8 Å². The van der Waals surface area contributed by atoms with Crippen LogP contribution in [0.3, 0.4) is 0 Å². The van der Waals surface area contributed by atoms with Crippen molar-refractivity contribution in [1.82, 2.24) is 4.31 Å². The van der Waals surface area contributed by atoms with E-state index < -0.39 is 10.0 Å². The van der Waals surface area contributed by atoms with Crippen LogP contribution in [0.1, 0.15) is 24.8 Å². The van der Waals surface area contributed by atoms with E-state index >= 15 is 0 Å². The number of sulfonamides is 1. The predicted octanol–water partition coefficient (Wildman–Crippen LogP) is 2.48. The highest BCUT2D eigenvalue weighted by atomic mass is 32.2. The highest BCUT2D eigenvalue weighted by molar-refractivity contribution is 7.88. The van der Waals surface area contributed by atoms with Crippen molar-refractivity contribution in [3.63, 3.8) is 0 Å². The van der Waals surface area contributed by atoms with Crippen LogP contribution in [0.2, 0.25) is 0 Å². The van der Waals surface area contributed by atoms with Gasteiger partial charge in [0.2, 0.25) is 10.0 Å². The molecule has 0 aromatic heterocycles. The highest BCUT2D eigenvalue weighted by Gasteiger charge is 2.35. The molecule has 112 valence electrons. The molecule has 0 aliphatic carbocycles. The third-order valence-corrected chi connectivity index (χ3v) is 5.36. The van der Waals surface area contributed by atoms with Crippen molar-refractivity contribution in [2.75, 3.05) is 12.8 Å². The van der Waals surface area contributed by atoms with E-state index in [1.54, 1.807) is 16.4 Å². The molecule has 3 nitrogen and oxygen atoms in total. The van der Waals surface area contributed by atoms with Gasteiger partial charge in [-0.15, -0.1) is 0 Å². The van der Waals surface area contributed by atoms with E-state index in [1.807, 2.05) is 0 Å². The summed E-state index contributed by atoms with van der Waals surface area (Å²) in [7, 11) is -3.15. The van der Waals surface area contributed by atoms with Crippen LogP contribution in [0.15, 0.2) is 24.3 Å². The monoisotopic (exact) mass is 317 g/mol. The minimum atomic E-state index is -3.15.